The van der Waals surface area contributed by atoms with Crippen LogP contribution < -0.4 is 5.32 Å². The summed E-state index contributed by atoms with van der Waals surface area (Å²) in [4.78, 5) is 2.24. The zero-order chi connectivity index (χ0) is 14.9. The molecule has 1 aliphatic rings. The molecule has 2 rings (SSSR count). The summed E-state index contributed by atoms with van der Waals surface area (Å²) in [6, 6.07) is 10.3. The van der Waals surface area contributed by atoms with Crippen LogP contribution in [0.25, 0.3) is 0 Å². The van der Waals surface area contributed by atoms with Crippen molar-refractivity contribution in [2.45, 2.75) is 12.1 Å². The number of nitrogens with one attached hydrogen (secondary N) is 1. The average Bonchev–Trinajstić information content (AvgIpc) is 2.53. The van der Waals surface area contributed by atoms with E-state index < -0.39 is 0 Å². The fourth-order valence-electron chi connectivity index (χ4n) is 2.55. The number of aliphatic hydroxyl groups is 1. The van der Waals surface area contributed by atoms with Crippen LogP contribution in [-0.4, -0.2) is 69.2 Å². The summed E-state index contributed by atoms with van der Waals surface area (Å²) in [6.45, 7) is 5.15. The number of rotatable bonds is 8. The van der Waals surface area contributed by atoms with E-state index >= 15 is 0 Å². The zero-order valence-electron chi connectivity index (χ0n) is 12.7. The molecule has 0 amide bonds. The molecule has 2 atom stereocenters. The van der Waals surface area contributed by atoms with E-state index in [4.69, 9.17) is 9.47 Å². The van der Waals surface area contributed by atoms with Gasteiger partial charge in [0.2, 0.25) is 0 Å². The van der Waals surface area contributed by atoms with E-state index in [-0.39, 0.29) is 12.1 Å². The smallest absolute Gasteiger partial charge is 0.0791 e. The second-order valence-electron chi connectivity index (χ2n) is 5.39. The van der Waals surface area contributed by atoms with Crippen molar-refractivity contribution in [3.8, 4) is 0 Å². The maximum Gasteiger partial charge on any atom is 0.0791 e. The lowest BCUT2D eigenvalue weighted by Crippen LogP contribution is -2.44. The second-order valence-corrected chi connectivity index (χ2v) is 5.39. The highest BCUT2D eigenvalue weighted by molar-refractivity contribution is 5.18. The van der Waals surface area contributed by atoms with Crippen molar-refractivity contribution in [2.75, 3.05) is 53.1 Å². The number of morpholine rings is 1. The first kappa shape index (κ1) is 16.4. The Bertz CT molecular complexity index is 382. The molecular weight excluding hydrogens is 268 g/mol. The highest BCUT2D eigenvalue weighted by atomic mass is 16.5. The number of aliphatic hydroxyl groups excluding tert-OH is 1. The standard InChI is InChI=1S/C16H26N2O3/c1-20-13-16(14-5-3-2-4-6-14)17-11-15(19)12-18-7-9-21-10-8-18/h2-6,15-17,19H,7-13H2,1H3. The van der Waals surface area contributed by atoms with Crippen molar-refractivity contribution >= 4 is 0 Å². The van der Waals surface area contributed by atoms with Gasteiger partial charge in [0, 0.05) is 33.3 Å². The van der Waals surface area contributed by atoms with Gasteiger partial charge < -0.3 is 19.9 Å². The monoisotopic (exact) mass is 294 g/mol. The van der Waals surface area contributed by atoms with Crippen LogP contribution in [0.4, 0.5) is 0 Å². The predicted octanol–water partition coefficient (Wildman–Crippen LogP) is 0.657. The molecule has 5 nitrogen and oxygen atoms in total. The van der Waals surface area contributed by atoms with Crippen LogP contribution in [0.5, 0.6) is 0 Å². The molecule has 1 saturated heterocycles. The van der Waals surface area contributed by atoms with Gasteiger partial charge >= 0.3 is 0 Å². The van der Waals surface area contributed by atoms with Crippen LogP contribution in [0.3, 0.4) is 0 Å². The number of hydrogen-bond donors (Lipinski definition) is 2. The third-order valence-electron chi connectivity index (χ3n) is 3.71. The molecule has 118 valence electrons. The van der Waals surface area contributed by atoms with Gasteiger partial charge in [0.05, 0.1) is 32.0 Å². The van der Waals surface area contributed by atoms with Crippen molar-refractivity contribution in [1.82, 2.24) is 10.2 Å². The lowest BCUT2D eigenvalue weighted by atomic mass is 10.1. The maximum absolute atomic E-state index is 10.2. The van der Waals surface area contributed by atoms with Crippen molar-refractivity contribution < 1.29 is 14.6 Å². The van der Waals surface area contributed by atoms with Gasteiger partial charge in [0.1, 0.15) is 0 Å². The highest BCUT2D eigenvalue weighted by Crippen LogP contribution is 2.12. The van der Waals surface area contributed by atoms with Crippen molar-refractivity contribution in [1.29, 1.82) is 0 Å². The molecule has 0 aliphatic carbocycles. The Hall–Kier alpha value is -0.980. The van der Waals surface area contributed by atoms with Gasteiger partial charge in [-0.1, -0.05) is 30.3 Å². The fraction of sp³-hybridized carbons (Fsp3) is 0.625. The third-order valence-corrected chi connectivity index (χ3v) is 3.71. The van der Waals surface area contributed by atoms with E-state index in [0.717, 1.165) is 26.3 Å². The van der Waals surface area contributed by atoms with Crippen LogP contribution >= 0.6 is 0 Å². The molecule has 21 heavy (non-hydrogen) atoms. The van der Waals surface area contributed by atoms with Crippen LogP contribution in [-0.2, 0) is 9.47 Å². The minimum absolute atomic E-state index is 0.107. The van der Waals surface area contributed by atoms with Gasteiger partial charge in [-0.05, 0) is 5.56 Å². The van der Waals surface area contributed by atoms with Gasteiger partial charge in [-0.3, -0.25) is 4.90 Å². The molecule has 1 aliphatic heterocycles. The Labute approximate surface area is 126 Å². The van der Waals surface area contributed by atoms with E-state index in [9.17, 15) is 5.11 Å². The van der Waals surface area contributed by atoms with Gasteiger partial charge in [-0.15, -0.1) is 0 Å². The third kappa shape index (κ3) is 5.73. The minimum atomic E-state index is -0.383. The van der Waals surface area contributed by atoms with E-state index in [1.54, 1.807) is 7.11 Å². The molecule has 1 aromatic carbocycles. The van der Waals surface area contributed by atoms with E-state index in [0.29, 0.717) is 19.7 Å². The summed E-state index contributed by atoms with van der Waals surface area (Å²) in [5.74, 6) is 0. The molecule has 5 heteroatoms. The summed E-state index contributed by atoms with van der Waals surface area (Å²) < 4.78 is 10.6. The van der Waals surface area contributed by atoms with Crippen LogP contribution in [0, 0.1) is 0 Å². The van der Waals surface area contributed by atoms with Gasteiger partial charge in [0.25, 0.3) is 0 Å². The Morgan fingerprint density at radius 2 is 2.00 bits per heavy atom. The molecular formula is C16H26N2O3. The van der Waals surface area contributed by atoms with Crippen LogP contribution in [0.2, 0.25) is 0 Å². The number of nitrogens with zero attached hydrogens (tertiary/aromatic N) is 1. The average molecular weight is 294 g/mol. The molecule has 0 saturated carbocycles. The predicted molar refractivity (Wildman–Crippen MR) is 82.3 cm³/mol. The van der Waals surface area contributed by atoms with E-state index in [1.807, 2.05) is 18.2 Å². The minimum Gasteiger partial charge on any atom is -0.390 e. The highest BCUT2D eigenvalue weighted by Gasteiger charge is 2.17. The lowest BCUT2D eigenvalue weighted by Gasteiger charge is -2.29. The molecule has 2 unspecified atom stereocenters. The van der Waals surface area contributed by atoms with Gasteiger partial charge in [-0.25, -0.2) is 0 Å². The number of hydrogen-bond acceptors (Lipinski definition) is 5. The molecule has 1 fully saturated rings. The Morgan fingerprint density at radius 1 is 1.29 bits per heavy atom. The van der Waals surface area contributed by atoms with Gasteiger partial charge in [0.15, 0.2) is 0 Å². The summed E-state index contributed by atoms with van der Waals surface area (Å²) in [6.07, 6.45) is -0.383. The van der Waals surface area contributed by atoms with Crippen molar-refractivity contribution in [3.63, 3.8) is 0 Å². The van der Waals surface area contributed by atoms with E-state index in [2.05, 4.69) is 22.3 Å². The fourth-order valence-corrected chi connectivity index (χ4v) is 2.55. The molecule has 0 aromatic heterocycles. The first-order valence-electron chi connectivity index (χ1n) is 7.55. The quantitative estimate of drug-likeness (QED) is 0.737. The first-order chi connectivity index (χ1) is 10.3. The molecule has 0 bridgehead atoms. The second kappa shape index (κ2) is 9.12. The SMILES string of the molecule is COCC(NCC(O)CN1CCOCC1)c1ccccc1. The number of benzene rings is 1. The van der Waals surface area contributed by atoms with Crippen molar-refractivity contribution in [2.24, 2.45) is 0 Å². The summed E-state index contributed by atoms with van der Waals surface area (Å²) >= 11 is 0. The van der Waals surface area contributed by atoms with Crippen molar-refractivity contribution in [3.05, 3.63) is 35.9 Å². The zero-order valence-corrected chi connectivity index (χ0v) is 12.7. The Balaban J connectivity index is 1.78. The topological polar surface area (TPSA) is 54.0 Å². The van der Waals surface area contributed by atoms with Crippen LogP contribution in [0.15, 0.2) is 30.3 Å². The lowest BCUT2D eigenvalue weighted by molar-refractivity contribution is 0.0139. The normalized spacial score (nSPS) is 19.3. The molecule has 1 aromatic rings. The summed E-state index contributed by atoms with van der Waals surface area (Å²) in [5.41, 5.74) is 1.18. The Morgan fingerprint density at radius 3 is 2.67 bits per heavy atom. The molecule has 1 heterocycles. The summed E-state index contributed by atoms with van der Waals surface area (Å²) in [7, 11) is 1.70. The largest absolute Gasteiger partial charge is 0.390 e. The summed E-state index contributed by atoms with van der Waals surface area (Å²) in [5, 5.41) is 13.6. The Kier molecular flexibility index (Phi) is 7.12. The molecule has 0 radical (unpaired) electrons. The number of β-amino-alcohol motifs (C(OH)–C–C–N with tert-alkyl or cyclic N) is 1. The first-order valence-corrected chi connectivity index (χ1v) is 7.55. The van der Waals surface area contributed by atoms with E-state index in [1.165, 1.54) is 5.56 Å². The number of methoxy groups -OCH3 is 1. The van der Waals surface area contributed by atoms with Gasteiger partial charge in [-0.2, -0.15) is 0 Å². The maximum atomic E-state index is 10.2. The molecule has 2 N–H and O–H groups in total. The van der Waals surface area contributed by atoms with Crippen LogP contribution in [0.1, 0.15) is 11.6 Å². The number of ether oxygens (including phenoxy) is 2. The molecule has 0 spiro atoms.